The van der Waals surface area contributed by atoms with Crippen molar-refractivity contribution >= 4 is 16.7 Å². The van der Waals surface area contributed by atoms with Crippen molar-refractivity contribution in [1.29, 1.82) is 0 Å². The minimum absolute atomic E-state index is 0.176. The molecule has 1 aliphatic carbocycles. The van der Waals surface area contributed by atoms with Crippen molar-refractivity contribution in [2.24, 2.45) is 0 Å². The maximum atomic E-state index is 12.4. The molecule has 0 unspecified atom stereocenters. The average molecular weight is 294 g/mol. The number of halogens is 3. The van der Waals surface area contributed by atoms with Crippen LogP contribution in [0, 0.1) is 0 Å². The van der Waals surface area contributed by atoms with Crippen LogP contribution in [0.5, 0.6) is 0 Å². The molecule has 2 rings (SSSR count). The summed E-state index contributed by atoms with van der Waals surface area (Å²) in [6, 6.07) is 0.649. The van der Waals surface area contributed by atoms with E-state index in [0.717, 1.165) is 37.2 Å². The molecule has 0 aliphatic heterocycles. The Kier molecular flexibility index (Phi) is 4.29. The molecule has 1 fully saturated rings. The fraction of sp³-hybridized carbons (Fsp3) is 0.818. The van der Waals surface area contributed by atoms with Gasteiger partial charge in [0.1, 0.15) is 0 Å². The van der Waals surface area contributed by atoms with Crippen molar-refractivity contribution in [3.05, 3.63) is 5.82 Å². The van der Waals surface area contributed by atoms with Gasteiger partial charge in [0, 0.05) is 23.6 Å². The second-order valence-electron chi connectivity index (χ2n) is 5.05. The van der Waals surface area contributed by atoms with E-state index in [1.807, 2.05) is 14.1 Å². The van der Waals surface area contributed by atoms with E-state index in [9.17, 15) is 13.2 Å². The van der Waals surface area contributed by atoms with Gasteiger partial charge in [-0.25, -0.2) is 0 Å². The molecule has 8 heteroatoms. The van der Waals surface area contributed by atoms with Crippen LogP contribution in [0.15, 0.2) is 0 Å². The van der Waals surface area contributed by atoms with Crippen LogP contribution in [-0.4, -0.2) is 40.4 Å². The largest absolute Gasteiger partial charge is 0.452 e. The topological polar surface area (TPSA) is 41.0 Å². The average Bonchev–Trinajstić information content (AvgIpc) is 2.77. The molecule has 108 valence electrons. The first-order chi connectivity index (χ1) is 8.86. The maximum absolute atomic E-state index is 12.4. The fourth-order valence-electron chi connectivity index (χ4n) is 2.34. The Morgan fingerprint density at radius 2 is 2.05 bits per heavy atom. The molecule has 0 aromatic carbocycles. The third-order valence-electron chi connectivity index (χ3n) is 3.38. The number of alkyl halides is 3. The van der Waals surface area contributed by atoms with Crippen LogP contribution in [0.3, 0.4) is 0 Å². The summed E-state index contributed by atoms with van der Waals surface area (Å²) in [5.74, 6) is -1.06. The van der Waals surface area contributed by atoms with Crippen molar-refractivity contribution in [3.63, 3.8) is 0 Å². The zero-order chi connectivity index (χ0) is 14.0. The van der Waals surface area contributed by atoms with Crippen LogP contribution in [-0.2, 0) is 6.18 Å². The van der Waals surface area contributed by atoms with Crippen molar-refractivity contribution in [3.8, 4) is 0 Å². The summed E-state index contributed by atoms with van der Waals surface area (Å²) in [5, 5.41) is 3.34. The van der Waals surface area contributed by atoms with Gasteiger partial charge in [0.25, 0.3) is 0 Å². The number of nitrogens with one attached hydrogen (secondary N) is 1. The number of anilines is 1. The van der Waals surface area contributed by atoms with Crippen molar-refractivity contribution in [2.75, 3.05) is 19.4 Å². The summed E-state index contributed by atoms with van der Waals surface area (Å²) in [4.78, 5) is 5.66. The molecule has 1 aliphatic rings. The smallest absolute Gasteiger partial charge is 0.357 e. The first kappa shape index (κ1) is 14.5. The molecule has 1 aromatic heterocycles. The van der Waals surface area contributed by atoms with Crippen molar-refractivity contribution in [1.82, 2.24) is 14.3 Å². The highest BCUT2D eigenvalue weighted by molar-refractivity contribution is 7.09. The Labute approximate surface area is 114 Å². The van der Waals surface area contributed by atoms with Gasteiger partial charge in [0.05, 0.1) is 0 Å². The molecule has 0 radical (unpaired) electrons. The Balaban J connectivity index is 1.95. The summed E-state index contributed by atoms with van der Waals surface area (Å²) in [6.45, 7) is 0. The number of hydrogen-bond donors (Lipinski definition) is 1. The molecule has 1 aromatic rings. The molecule has 0 amide bonds. The molecule has 1 heterocycles. The molecule has 19 heavy (non-hydrogen) atoms. The van der Waals surface area contributed by atoms with E-state index in [1.165, 1.54) is 0 Å². The Bertz CT molecular complexity index is 418. The molecule has 0 saturated heterocycles. The lowest BCUT2D eigenvalue weighted by Crippen LogP contribution is -2.38. The molecule has 1 saturated carbocycles. The quantitative estimate of drug-likeness (QED) is 0.930. The van der Waals surface area contributed by atoms with Crippen LogP contribution < -0.4 is 5.32 Å². The van der Waals surface area contributed by atoms with Crippen LogP contribution in [0.25, 0.3) is 0 Å². The molecule has 0 spiro atoms. The van der Waals surface area contributed by atoms with Gasteiger partial charge >= 0.3 is 6.18 Å². The van der Waals surface area contributed by atoms with Crippen molar-refractivity contribution in [2.45, 2.75) is 43.9 Å². The zero-order valence-electron chi connectivity index (χ0n) is 10.9. The second-order valence-corrected chi connectivity index (χ2v) is 5.80. The number of nitrogens with zero attached hydrogens (tertiary/aromatic N) is 3. The van der Waals surface area contributed by atoms with E-state index in [1.54, 1.807) is 0 Å². The van der Waals surface area contributed by atoms with E-state index < -0.39 is 12.0 Å². The normalized spacial score (nSPS) is 24.7. The number of rotatable bonds is 3. The summed E-state index contributed by atoms with van der Waals surface area (Å²) in [7, 11) is 4.06. The molecule has 4 nitrogen and oxygen atoms in total. The monoisotopic (exact) mass is 294 g/mol. The van der Waals surface area contributed by atoms with Gasteiger partial charge in [-0.2, -0.15) is 22.5 Å². The SMILES string of the molecule is CN(C)[C@@H]1CCC[C@H](Nc2nc(C(F)(F)F)ns2)C1. The van der Waals surface area contributed by atoms with Crippen molar-refractivity contribution < 1.29 is 13.2 Å². The third kappa shape index (κ3) is 3.79. The minimum Gasteiger partial charge on any atom is -0.357 e. The van der Waals surface area contributed by atoms with Crippen LogP contribution in [0.1, 0.15) is 31.5 Å². The zero-order valence-corrected chi connectivity index (χ0v) is 11.7. The van der Waals surface area contributed by atoms with Crippen LogP contribution >= 0.6 is 11.5 Å². The highest BCUT2D eigenvalue weighted by atomic mass is 32.1. The van der Waals surface area contributed by atoms with Gasteiger partial charge in [-0.1, -0.05) is 0 Å². The Morgan fingerprint density at radius 3 is 2.63 bits per heavy atom. The van der Waals surface area contributed by atoms with Crippen LogP contribution in [0.2, 0.25) is 0 Å². The predicted molar refractivity (Wildman–Crippen MR) is 68.3 cm³/mol. The highest BCUT2D eigenvalue weighted by Gasteiger charge is 2.36. The van der Waals surface area contributed by atoms with E-state index in [-0.39, 0.29) is 11.2 Å². The number of aromatic nitrogens is 2. The molecule has 2 atom stereocenters. The summed E-state index contributed by atoms with van der Waals surface area (Å²) >= 11 is 0.774. The Morgan fingerprint density at radius 1 is 1.32 bits per heavy atom. The van der Waals surface area contributed by atoms with Crippen LogP contribution in [0.4, 0.5) is 18.3 Å². The van der Waals surface area contributed by atoms with Gasteiger partial charge < -0.3 is 10.2 Å². The minimum atomic E-state index is -4.46. The van der Waals surface area contributed by atoms with Gasteiger partial charge in [-0.15, -0.1) is 0 Å². The lowest BCUT2D eigenvalue weighted by atomic mass is 9.90. The lowest BCUT2D eigenvalue weighted by Gasteiger charge is -2.33. The van der Waals surface area contributed by atoms with Gasteiger partial charge in [0.15, 0.2) is 0 Å². The maximum Gasteiger partial charge on any atom is 0.452 e. The number of hydrogen-bond acceptors (Lipinski definition) is 5. The second kappa shape index (κ2) is 5.62. The summed E-state index contributed by atoms with van der Waals surface area (Å²) in [5.41, 5.74) is 0. The lowest BCUT2D eigenvalue weighted by molar-refractivity contribution is -0.144. The third-order valence-corrected chi connectivity index (χ3v) is 4.03. The standard InChI is InChI=1S/C11H17F3N4S/c1-18(2)8-5-3-4-7(6-8)15-10-16-9(17-19-10)11(12,13)14/h7-8H,3-6H2,1-2H3,(H,15,16,17)/t7-,8+/m0/s1. The first-order valence-corrected chi connectivity index (χ1v) is 6.97. The predicted octanol–water partition coefficient (Wildman–Crippen LogP) is 2.84. The summed E-state index contributed by atoms with van der Waals surface area (Å²) in [6.07, 6.45) is -0.366. The molecule has 0 bridgehead atoms. The summed E-state index contributed by atoms with van der Waals surface area (Å²) < 4.78 is 40.5. The van der Waals surface area contributed by atoms with Gasteiger partial charge in [-0.3, -0.25) is 0 Å². The van der Waals surface area contributed by atoms with Gasteiger partial charge in [-0.05, 0) is 39.8 Å². The highest BCUT2D eigenvalue weighted by Crippen LogP contribution is 2.30. The van der Waals surface area contributed by atoms with E-state index in [0.29, 0.717) is 6.04 Å². The van der Waals surface area contributed by atoms with E-state index in [2.05, 4.69) is 19.6 Å². The van der Waals surface area contributed by atoms with E-state index in [4.69, 9.17) is 0 Å². The Hall–Kier alpha value is -0.890. The van der Waals surface area contributed by atoms with E-state index >= 15 is 0 Å². The van der Waals surface area contributed by atoms with Gasteiger partial charge in [0.2, 0.25) is 11.0 Å². The molecular weight excluding hydrogens is 277 g/mol. The fourth-order valence-corrected chi connectivity index (χ4v) is 3.00. The molecule has 1 N–H and O–H groups in total. The molecular formula is C11H17F3N4S. The first-order valence-electron chi connectivity index (χ1n) is 6.20.